The maximum Gasteiger partial charge on any atom is 0.350 e. The van der Waals surface area contributed by atoms with Crippen LogP contribution >= 0.6 is 11.3 Å². The molecular weight excluding hydrogens is 504 g/mol. The highest BCUT2D eigenvalue weighted by atomic mass is 32.1. The first kappa shape index (κ1) is 26.8. The van der Waals surface area contributed by atoms with E-state index in [-0.39, 0.29) is 27.9 Å². The first-order valence-corrected chi connectivity index (χ1v) is 12.9. The number of nitrogens with zero attached hydrogens (tertiary/aromatic N) is 2. The minimum absolute atomic E-state index is 0.0627. The fourth-order valence-electron chi connectivity index (χ4n) is 4.26. The Morgan fingerprint density at radius 1 is 1.16 bits per heavy atom. The lowest BCUT2D eigenvalue weighted by atomic mass is 9.93. The number of aryl methyl sites for hydroxylation is 3. The van der Waals surface area contributed by atoms with Gasteiger partial charge in [0.05, 0.1) is 23.9 Å². The largest absolute Gasteiger partial charge is 0.507 e. The summed E-state index contributed by atoms with van der Waals surface area (Å²) in [5, 5.41) is 11.6. The molecule has 0 bridgehead atoms. The van der Waals surface area contributed by atoms with E-state index in [1.807, 2.05) is 19.1 Å². The van der Waals surface area contributed by atoms with Crippen molar-refractivity contribution < 1.29 is 29.0 Å². The summed E-state index contributed by atoms with van der Waals surface area (Å²) in [4.78, 5) is 45.2. The summed E-state index contributed by atoms with van der Waals surface area (Å²) in [6.07, 6.45) is 1.62. The van der Waals surface area contributed by atoms with Crippen molar-refractivity contribution in [2.75, 3.05) is 18.1 Å². The quantitative estimate of drug-likeness (QED) is 0.135. The Labute approximate surface area is 224 Å². The number of amides is 1. The molecular formula is C29H28N2O6S. The van der Waals surface area contributed by atoms with E-state index in [1.54, 1.807) is 57.2 Å². The lowest BCUT2D eigenvalue weighted by molar-refractivity contribution is -0.132. The maximum atomic E-state index is 13.4. The number of ether oxygens (including phenoxy) is 2. The molecule has 8 nitrogen and oxygen atoms in total. The molecule has 1 N–H and O–H groups in total. The number of hydrogen-bond acceptors (Lipinski definition) is 8. The summed E-state index contributed by atoms with van der Waals surface area (Å²) < 4.78 is 10.7. The molecule has 196 valence electrons. The van der Waals surface area contributed by atoms with E-state index in [1.165, 1.54) is 4.90 Å². The number of aromatic nitrogens is 1. The van der Waals surface area contributed by atoms with Crippen LogP contribution in [0.5, 0.6) is 5.75 Å². The average molecular weight is 533 g/mol. The van der Waals surface area contributed by atoms with E-state index in [9.17, 15) is 19.5 Å². The summed E-state index contributed by atoms with van der Waals surface area (Å²) in [7, 11) is 0. The Balaban J connectivity index is 1.88. The Bertz CT molecular complexity index is 1450. The zero-order valence-corrected chi connectivity index (χ0v) is 22.4. The van der Waals surface area contributed by atoms with Gasteiger partial charge in [0, 0.05) is 5.56 Å². The number of anilines is 1. The SMILES string of the molecule is C=CCOc1ccc(C(O)=C2C(=O)C(=O)N(c3nc(C)c(C(=O)OCC)s3)C2c2ccc(C)cc2)c(C)c1. The third-order valence-electron chi connectivity index (χ3n) is 6.11. The number of hydrogen-bond donors (Lipinski definition) is 1. The predicted octanol–water partition coefficient (Wildman–Crippen LogP) is 5.44. The van der Waals surface area contributed by atoms with Gasteiger partial charge in [0.1, 0.15) is 23.0 Å². The van der Waals surface area contributed by atoms with Crippen LogP contribution in [-0.2, 0) is 14.3 Å². The molecule has 3 aromatic rings. The van der Waals surface area contributed by atoms with Crippen molar-refractivity contribution >= 4 is 39.9 Å². The van der Waals surface area contributed by atoms with Gasteiger partial charge in [0.2, 0.25) is 0 Å². The third-order valence-corrected chi connectivity index (χ3v) is 7.25. The molecule has 1 atom stereocenters. The second kappa shape index (κ2) is 11.0. The molecule has 0 saturated carbocycles. The van der Waals surface area contributed by atoms with Gasteiger partial charge in [-0.25, -0.2) is 9.78 Å². The van der Waals surface area contributed by atoms with Crippen LogP contribution in [0.1, 0.15) is 50.6 Å². The number of benzene rings is 2. The number of carbonyl (C=O) groups excluding carboxylic acids is 3. The molecule has 0 spiro atoms. The Hall–Kier alpha value is -4.24. The van der Waals surface area contributed by atoms with E-state index < -0.39 is 23.7 Å². The van der Waals surface area contributed by atoms with E-state index in [0.717, 1.165) is 16.9 Å². The van der Waals surface area contributed by atoms with E-state index >= 15 is 0 Å². The molecule has 1 aliphatic rings. The standard InChI is InChI=1S/C29H28N2O6S/c1-6-14-37-20-12-13-21(17(4)15-20)24(32)22-23(19-10-8-16(3)9-11-19)31(27(34)25(22)33)29-30-18(5)26(38-29)28(35)36-7-2/h6,8-13,15,23,32H,1,7,14H2,2-5H3. The summed E-state index contributed by atoms with van der Waals surface area (Å²) in [5.41, 5.74) is 2.99. The van der Waals surface area contributed by atoms with Crippen LogP contribution in [0, 0.1) is 20.8 Å². The number of thiazole rings is 1. The van der Waals surface area contributed by atoms with Crippen LogP contribution in [0.25, 0.3) is 5.76 Å². The Kier molecular flexibility index (Phi) is 7.78. The van der Waals surface area contributed by atoms with Crippen LogP contribution < -0.4 is 9.64 Å². The summed E-state index contributed by atoms with van der Waals surface area (Å²) in [6.45, 7) is 11.2. The first-order valence-electron chi connectivity index (χ1n) is 12.0. The van der Waals surface area contributed by atoms with Gasteiger partial charge in [-0.3, -0.25) is 14.5 Å². The minimum Gasteiger partial charge on any atom is -0.507 e. The lowest BCUT2D eigenvalue weighted by Crippen LogP contribution is -2.29. The smallest absolute Gasteiger partial charge is 0.350 e. The van der Waals surface area contributed by atoms with Gasteiger partial charge in [0.25, 0.3) is 5.78 Å². The highest BCUT2D eigenvalue weighted by Gasteiger charge is 2.48. The van der Waals surface area contributed by atoms with Gasteiger partial charge in [-0.1, -0.05) is 53.8 Å². The number of rotatable bonds is 8. The minimum atomic E-state index is -0.952. The topological polar surface area (TPSA) is 106 Å². The molecule has 0 aliphatic carbocycles. The predicted molar refractivity (Wildman–Crippen MR) is 146 cm³/mol. The molecule has 2 heterocycles. The fraction of sp³-hybridized carbons (Fsp3) is 0.241. The molecule has 1 aromatic heterocycles. The molecule has 9 heteroatoms. The molecule has 1 amide bonds. The third kappa shape index (κ3) is 4.97. The van der Waals surface area contributed by atoms with E-state index in [0.29, 0.717) is 34.7 Å². The number of esters is 1. The van der Waals surface area contributed by atoms with Crippen molar-refractivity contribution in [3.63, 3.8) is 0 Å². The highest BCUT2D eigenvalue weighted by Crippen LogP contribution is 2.44. The zero-order valence-electron chi connectivity index (χ0n) is 21.6. The highest BCUT2D eigenvalue weighted by molar-refractivity contribution is 7.17. The summed E-state index contributed by atoms with van der Waals surface area (Å²) in [6, 6.07) is 11.5. The zero-order chi connectivity index (χ0) is 27.6. The number of ketones is 1. The van der Waals surface area contributed by atoms with E-state index in [2.05, 4.69) is 11.6 Å². The molecule has 2 aromatic carbocycles. The van der Waals surface area contributed by atoms with Crippen LogP contribution in [0.2, 0.25) is 0 Å². The van der Waals surface area contributed by atoms with Gasteiger partial charge >= 0.3 is 11.9 Å². The maximum absolute atomic E-state index is 13.4. The van der Waals surface area contributed by atoms with Gasteiger partial charge in [-0.15, -0.1) is 0 Å². The van der Waals surface area contributed by atoms with Crippen LogP contribution in [0.4, 0.5) is 5.13 Å². The molecule has 1 fully saturated rings. The van der Waals surface area contributed by atoms with Gasteiger partial charge < -0.3 is 14.6 Å². The summed E-state index contributed by atoms with van der Waals surface area (Å²) >= 11 is 0.973. The second-order valence-electron chi connectivity index (χ2n) is 8.79. The van der Waals surface area contributed by atoms with Crippen LogP contribution in [0.15, 0.2) is 60.7 Å². The van der Waals surface area contributed by atoms with Gasteiger partial charge in [-0.2, -0.15) is 0 Å². The van der Waals surface area contributed by atoms with Crippen molar-refractivity contribution in [2.45, 2.75) is 33.7 Å². The summed E-state index contributed by atoms with van der Waals surface area (Å²) in [5.74, 6) is -1.95. The monoisotopic (exact) mass is 532 g/mol. The molecule has 1 unspecified atom stereocenters. The molecule has 4 rings (SSSR count). The van der Waals surface area contributed by atoms with Crippen molar-refractivity contribution in [3.8, 4) is 5.75 Å². The van der Waals surface area contributed by atoms with E-state index in [4.69, 9.17) is 9.47 Å². The average Bonchev–Trinajstić information content (AvgIpc) is 3.39. The molecule has 1 saturated heterocycles. The number of aliphatic hydroxyl groups is 1. The van der Waals surface area contributed by atoms with Crippen LogP contribution in [0.3, 0.4) is 0 Å². The Morgan fingerprint density at radius 2 is 1.87 bits per heavy atom. The van der Waals surface area contributed by atoms with Crippen molar-refractivity contribution in [3.05, 3.63) is 93.5 Å². The number of Topliss-reactive ketones (excluding diaryl/α,β-unsaturated/α-hetero) is 1. The van der Waals surface area contributed by atoms with Crippen molar-refractivity contribution in [1.82, 2.24) is 4.98 Å². The molecule has 0 radical (unpaired) electrons. The normalized spacial score (nSPS) is 16.5. The second-order valence-corrected chi connectivity index (χ2v) is 9.77. The Morgan fingerprint density at radius 3 is 2.50 bits per heavy atom. The van der Waals surface area contributed by atoms with Gasteiger partial charge in [-0.05, 0) is 57.0 Å². The number of aliphatic hydroxyl groups excluding tert-OH is 1. The first-order chi connectivity index (χ1) is 18.2. The number of carbonyl (C=O) groups is 3. The molecule has 1 aliphatic heterocycles. The van der Waals surface area contributed by atoms with Crippen LogP contribution in [-0.4, -0.2) is 41.0 Å². The van der Waals surface area contributed by atoms with Gasteiger partial charge in [0.15, 0.2) is 5.13 Å². The molecule has 38 heavy (non-hydrogen) atoms. The van der Waals surface area contributed by atoms with Crippen molar-refractivity contribution in [1.29, 1.82) is 0 Å². The van der Waals surface area contributed by atoms with Crippen molar-refractivity contribution in [2.24, 2.45) is 0 Å². The lowest BCUT2D eigenvalue weighted by Gasteiger charge is -2.23. The fourth-order valence-corrected chi connectivity index (χ4v) is 5.24.